The van der Waals surface area contributed by atoms with Gasteiger partial charge in [0.25, 0.3) is 0 Å². The Bertz CT molecular complexity index is 802. The number of Topliss-reactive ketones (excluding diaryl/α,β-unsaturated/α-hetero) is 1. The molecule has 1 aliphatic heterocycles. The van der Waals surface area contributed by atoms with Crippen LogP contribution in [0.5, 0.6) is 0 Å². The van der Waals surface area contributed by atoms with Crippen LogP contribution < -0.4 is 0 Å². The van der Waals surface area contributed by atoms with Gasteiger partial charge in [0.1, 0.15) is 0 Å². The molecule has 1 N–H and O–H groups in total. The zero-order valence-electron chi connectivity index (χ0n) is 14.6. The summed E-state index contributed by atoms with van der Waals surface area (Å²) in [5.74, 6) is -0.998. The SMILES string of the molecule is O=C(c1cccnc1F)C1CCN([C@@H]2Cc3ccccc3C[C@H]2O)CC1. The van der Waals surface area contributed by atoms with E-state index in [-0.39, 0.29) is 29.4 Å². The lowest BCUT2D eigenvalue weighted by Gasteiger charge is -2.41. The first-order valence-electron chi connectivity index (χ1n) is 9.27. The molecule has 136 valence electrons. The number of aromatic nitrogens is 1. The number of hydrogen-bond donors (Lipinski definition) is 1. The molecule has 4 rings (SSSR count). The van der Waals surface area contributed by atoms with E-state index in [9.17, 15) is 14.3 Å². The highest BCUT2D eigenvalue weighted by atomic mass is 19.1. The molecular formula is C21H23FN2O2. The summed E-state index contributed by atoms with van der Waals surface area (Å²) in [6.45, 7) is 1.50. The van der Waals surface area contributed by atoms with Crippen molar-refractivity contribution in [2.24, 2.45) is 5.92 Å². The zero-order chi connectivity index (χ0) is 18.1. The number of hydrogen-bond acceptors (Lipinski definition) is 4. The maximum absolute atomic E-state index is 13.8. The Morgan fingerprint density at radius 2 is 1.77 bits per heavy atom. The second-order valence-corrected chi connectivity index (χ2v) is 7.33. The number of rotatable bonds is 3. The smallest absolute Gasteiger partial charge is 0.223 e. The van der Waals surface area contributed by atoms with E-state index in [1.807, 2.05) is 12.1 Å². The second kappa shape index (κ2) is 7.25. The van der Waals surface area contributed by atoms with Crippen molar-refractivity contribution in [2.45, 2.75) is 37.8 Å². The average Bonchev–Trinajstić information content (AvgIpc) is 2.67. The molecule has 0 spiro atoms. The quantitative estimate of drug-likeness (QED) is 0.680. The molecule has 1 fully saturated rings. The Kier molecular flexibility index (Phi) is 4.83. The molecule has 26 heavy (non-hydrogen) atoms. The first-order valence-corrected chi connectivity index (χ1v) is 9.27. The molecule has 0 radical (unpaired) electrons. The van der Waals surface area contributed by atoms with Gasteiger partial charge in [-0.3, -0.25) is 9.69 Å². The van der Waals surface area contributed by atoms with Crippen LogP contribution in [0.25, 0.3) is 0 Å². The number of piperidine rings is 1. The lowest BCUT2D eigenvalue weighted by Crippen LogP contribution is -2.51. The molecule has 2 atom stereocenters. The fourth-order valence-electron chi connectivity index (χ4n) is 4.33. The van der Waals surface area contributed by atoms with Crippen LogP contribution in [0.4, 0.5) is 4.39 Å². The standard InChI is InChI=1S/C21H23FN2O2/c22-21-17(6-3-9-23-21)20(26)14-7-10-24(11-8-14)18-12-15-4-1-2-5-16(15)13-19(18)25/h1-6,9,14,18-19,25H,7-8,10-13H2/t18-,19-/m1/s1. The molecule has 5 heteroatoms. The van der Waals surface area contributed by atoms with Crippen molar-refractivity contribution in [3.63, 3.8) is 0 Å². The Labute approximate surface area is 152 Å². The highest BCUT2D eigenvalue weighted by molar-refractivity contribution is 5.97. The molecular weight excluding hydrogens is 331 g/mol. The number of benzene rings is 1. The molecule has 1 aromatic heterocycles. The highest BCUT2D eigenvalue weighted by Gasteiger charge is 2.35. The molecule has 1 aromatic carbocycles. The third-order valence-electron chi connectivity index (χ3n) is 5.81. The van der Waals surface area contributed by atoms with Gasteiger partial charge in [-0.2, -0.15) is 4.39 Å². The zero-order valence-corrected chi connectivity index (χ0v) is 14.6. The average molecular weight is 354 g/mol. The van der Waals surface area contributed by atoms with Gasteiger partial charge in [-0.25, -0.2) is 4.98 Å². The van der Waals surface area contributed by atoms with Crippen LogP contribution >= 0.6 is 0 Å². The van der Waals surface area contributed by atoms with E-state index in [4.69, 9.17) is 0 Å². The van der Waals surface area contributed by atoms with Gasteiger partial charge in [0.15, 0.2) is 5.78 Å². The summed E-state index contributed by atoms with van der Waals surface area (Å²) in [7, 11) is 0. The minimum atomic E-state index is -0.681. The first-order chi connectivity index (χ1) is 12.6. The molecule has 0 saturated carbocycles. The largest absolute Gasteiger partial charge is 0.391 e. The molecule has 2 heterocycles. The number of likely N-dealkylation sites (tertiary alicyclic amines) is 1. The summed E-state index contributed by atoms with van der Waals surface area (Å²) < 4.78 is 13.8. The van der Waals surface area contributed by atoms with Crippen molar-refractivity contribution in [1.82, 2.24) is 9.88 Å². The summed E-state index contributed by atoms with van der Waals surface area (Å²) >= 11 is 0. The number of fused-ring (bicyclic) bond motifs is 1. The summed E-state index contributed by atoms with van der Waals surface area (Å²) in [6.07, 6.45) is 3.88. The first kappa shape index (κ1) is 17.3. The minimum Gasteiger partial charge on any atom is -0.391 e. The lowest BCUT2D eigenvalue weighted by molar-refractivity contribution is 0.0239. The van der Waals surface area contributed by atoms with E-state index >= 15 is 0 Å². The Morgan fingerprint density at radius 1 is 1.08 bits per heavy atom. The van der Waals surface area contributed by atoms with Crippen molar-refractivity contribution in [3.05, 3.63) is 65.2 Å². The summed E-state index contributed by atoms with van der Waals surface area (Å²) in [5, 5.41) is 10.6. The molecule has 2 aromatic rings. The minimum absolute atomic E-state index is 0.0936. The maximum Gasteiger partial charge on any atom is 0.223 e. The van der Waals surface area contributed by atoms with Gasteiger partial charge in [0.05, 0.1) is 11.7 Å². The molecule has 0 unspecified atom stereocenters. The fourth-order valence-corrected chi connectivity index (χ4v) is 4.33. The van der Waals surface area contributed by atoms with Gasteiger partial charge in [-0.05, 0) is 55.6 Å². The van der Waals surface area contributed by atoms with Crippen LogP contribution in [0, 0.1) is 11.9 Å². The van der Waals surface area contributed by atoms with E-state index < -0.39 is 5.95 Å². The Morgan fingerprint density at radius 3 is 2.46 bits per heavy atom. The molecule has 2 aliphatic rings. The summed E-state index contributed by atoms with van der Waals surface area (Å²) in [5.41, 5.74) is 2.63. The normalized spacial score (nSPS) is 24.2. The molecule has 0 bridgehead atoms. The van der Waals surface area contributed by atoms with E-state index in [0.717, 1.165) is 19.5 Å². The van der Waals surface area contributed by atoms with Crippen molar-refractivity contribution < 1.29 is 14.3 Å². The summed E-state index contributed by atoms with van der Waals surface area (Å²) in [6, 6.07) is 11.5. The Balaban J connectivity index is 1.41. The van der Waals surface area contributed by atoms with Crippen molar-refractivity contribution in [1.29, 1.82) is 0 Å². The van der Waals surface area contributed by atoms with Crippen LogP contribution in [0.15, 0.2) is 42.6 Å². The molecule has 1 saturated heterocycles. The van der Waals surface area contributed by atoms with Gasteiger partial charge in [-0.15, -0.1) is 0 Å². The molecule has 1 aliphatic carbocycles. The number of nitrogens with zero attached hydrogens (tertiary/aromatic N) is 2. The van der Waals surface area contributed by atoms with E-state index in [1.54, 1.807) is 6.07 Å². The number of pyridine rings is 1. The van der Waals surface area contributed by atoms with Gasteiger partial charge in [0.2, 0.25) is 5.95 Å². The predicted molar refractivity (Wildman–Crippen MR) is 96.5 cm³/mol. The molecule has 0 amide bonds. The topological polar surface area (TPSA) is 53.4 Å². The third-order valence-corrected chi connectivity index (χ3v) is 5.81. The van der Waals surface area contributed by atoms with E-state index in [0.29, 0.717) is 19.3 Å². The number of ketones is 1. The molecule has 4 nitrogen and oxygen atoms in total. The predicted octanol–water partition coefficient (Wildman–Crippen LogP) is 2.64. The van der Waals surface area contributed by atoms with Gasteiger partial charge in [-0.1, -0.05) is 24.3 Å². The van der Waals surface area contributed by atoms with Gasteiger partial charge in [0, 0.05) is 24.6 Å². The monoisotopic (exact) mass is 354 g/mol. The highest BCUT2D eigenvalue weighted by Crippen LogP contribution is 2.29. The summed E-state index contributed by atoms with van der Waals surface area (Å²) in [4.78, 5) is 18.5. The number of halogens is 1. The second-order valence-electron chi connectivity index (χ2n) is 7.33. The van der Waals surface area contributed by atoms with Gasteiger partial charge >= 0.3 is 0 Å². The van der Waals surface area contributed by atoms with Crippen LogP contribution in [0.1, 0.15) is 34.3 Å². The van der Waals surface area contributed by atoms with E-state index in [2.05, 4.69) is 22.0 Å². The Hall–Kier alpha value is -2.11. The fraction of sp³-hybridized carbons (Fsp3) is 0.429. The van der Waals surface area contributed by atoms with E-state index in [1.165, 1.54) is 23.4 Å². The number of aliphatic hydroxyl groups is 1. The van der Waals surface area contributed by atoms with Crippen molar-refractivity contribution >= 4 is 5.78 Å². The third kappa shape index (κ3) is 3.29. The number of aliphatic hydroxyl groups excluding tert-OH is 1. The van der Waals surface area contributed by atoms with Crippen LogP contribution in [-0.4, -0.2) is 46.0 Å². The van der Waals surface area contributed by atoms with Crippen LogP contribution in [0.2, 0.25) is 0 Å². The number of carbonyl (C=O) groups excluding carboxylic acids is 1. The van der Waals surface area contributed by atoms with Crippen LogP contribution in [0.3, 0.4) is 0 Å². The van der Waals surface area contributed by atoms with Crippen LogP contribution in [-0.2, 0) is 12.8 Å². The van der Waals surface area contributed by atoms with Gasteiger partial charge < -0.3 is 5.11 Å². The lowest BCUT2D eigenvalue weighted by atomic mass is 9.83. The van der Waals surface area contributed by atoms with Crippen molar-refractivity contribution in [2.75, 3.05) is 13.1 Å². The van der Waals surface area contributed by atoms with Crippen molar-refractivity contribution in [3.8, 4) is 0 Å². The maximum atomic E-state index is 13.8. The number of carbonyl (C=O) groups is 1.